The van der Waals surface area contributed by atoms with E-state index < -0.39 is 12.0 Å². The van der Waals surface area contributed by atoms with Crippen molar-refractivity contribution in [1.29, 1.82) is 0 Å². The predicted octanol–water partition coefficient (Wildman–Crippen LogP) is 2.75. The van der Waals surface area contributed by atoms with Gasteiger partial charge in [-0.05, 0) is 57.5 Å². The molecule has 0 saturated carbocycles. The molecule has 1 aliphatic rings. The van der Waals surface area contributed by atoms with Gasteiger partial charge in [0.15, 0.2) is 0 Å². The molecule has 0 radical (unpaired) electrons. The third kappa shape index (κ3) is 3.12. The standard InChI is InChI=1S/C16H24N2O2/c1-3-17(4-2)14-9-7-13(8-10-14)15(16(19)20)18-11-5-6-12-18/h7-10,15H,3-6,11-12H2,1-2H3,(H,19,20). The lowest BCUT2D eigenvalue weighted by Crippen LogP contribution is -2.31. The fourth-order valence-electron chi connectivity index (χ4n) is 2.97. The molecule has 110 valence electrons. The minimum absolute atomic E-state index is 0.497. The van der Waals surface area contributed by atoms with Gasteiger partial charge in [-0.15, -0.1) is 0 Å². The number of anilines is 1. The van der Waals surface area contributed by atoms with Crippen molar-refractivity contribution in [2.75, 3.05) is 31.1 Å². The van der Waals surface area contributed by atoms with Gasteiger partial charge in [-0.2, -0.15) is 0 Å². The highest BCUT2D eigenvalue weighted by Crippen LogP contribution is 2.27. The Kier molecular flexibility index (Phi) is 5.01. The SMILES string of the molecule is CCN(CC)c1ccc(C(C(=O)O)N2CCCC2)cc1. The Bertz CT molecular complexity index is 434. The molecule has 4 heteroatoms. The monoisotopic (exact) mass is 276 g/mol. The van der Waals surface area contributed by atoms with Crippen LogP contribution in [0.2, 0.25) is 0 Å². The maximum Gasteiger partial charge on any atom is 0.325 e. The van der Waals surface area contributed by atoms with Crippen LogP contribution in [0.15, 0.2) is 24.3 Å². The highest BCUT2D eigenvalue weighted by Gasteiger charge is 2.29. The molecule has 1 aromatic rings. The van der Waals surface area contributed by atoms with Crippen LogP contribution in [-0.2, 0) is 4.79 Å². The Labute approximate surface area is 121 Å². The normalized spacial score (nSPS) is 17.1. The van der Waals surface area contributed by atoms with E-state index in [2.05, 4.69) is 23.6 Å². The highest BCUT2D eigenvalue weighted by molar-refractivity contribution is 5.76. The molecule has 0 spiro atoms. The molecular formula is C16H24N2O2. The molecule has 1 aliphatic heterocycles. The number of carbonyl (C=O) groups is 1. The molecule has 2 rings (SSSR count). The van der Waals surface area contributed by atoms with Crippen molar-refractivity contribution in [1.82, 2.24) is 4.90 Å². The lowest BCUT2D eigenvalue weighted by atomic mass is 10.0. The molecule has 0 aromatic heterocycles. The summed E-state index contributed by atoms with van der Waals surface area (Å²) in [6.07, 6.45) is 2.20. The van der Waals surface area contributed by atoms with Crippen molar-refractivity contribution >= 4 is 11.7 Å². The zero-order valence-electron chi connectivity index (χ0n) is 12.4. The van der Waals surface area contributed by atoms with Crippen LogP contribution in [0.25, 0.3) is 0 Å². The van der Waals surface area contributed by atoms with Crippen molar-refractivity contribution in [2.24, 2.45) is 0 Å². The second-order valence-corrected chi connectivity index (χ2v) is 5.25. The highest BCUT2D eigenvalue weighted by atomic mass is 16.4. The summed E-state index contributed by atoms with van der Waals surface area (Å²) in [6, 6.07) is 7.50. The number of hydrogen-bond acceptors (Lipinski definition) is 3. The van der Waals surface area contributed by atoms with Crippen LogP contribution in [0.4, 0.5) is 5.69 Å². The first-order chi connectivity index (χ1) is 9.67. The molecule has 1 saturated heterocycles. The number of benzene rings is 1. The predicted molar refractivity (Wildman–Crippen MR) is 81.2 cm³/mol. The zero-order valence-corrected chi connectivity index (χ0v) is 12.4. The first kappa shape index (κ1) is 14.9. The second-order valence-electron chi connectivity index (χ2n) is 5.25. The number of nitrogens with zero attached hydrogens (tertiary/aromatic N) is 2. The first-order valence-corrected chi connectivity index (χ1v) is 7.49. The van der Waals surface area contributed by atoms with Gasteiger partial charge in [0.2, 0.25) is 0 Å². The smallest absolute Gasteiger partial charge is 0.325 e. The quantitative estimate of drug-likeness (QED) is 0.867. The summed E-state index contributed by atoms with van der Waals surface area (Å²) in [5.41, 5.74) is 2.04. The van der Waals surface area contributed by atoms with E-state index in [1.54, 1.807) is 0 Å². The zero-order chi connectivity index (χ0) is 14.5. The molecular weight excluding hydrogens is 252 g/mol. The molecule has 1 heterocycles. The number of rotatable bonds is 6. The summed E-state index contributed by atoms with van der Waals surface area (Å²) in [4.78, 5) is 15.9. The molecule has 0 amide bonds. The van der Waals surface area contributed by atoms with Gasteiger partial charge in [-0.3, -0.25) is 9.69 Å². The molecule has 1 unspecified atom stereocenters. The maximum absolute atomic E-state index is 11.6. The van der Waals surface area contributed by atoms with Crippen LogP contribution in [0.3, 0.4) is 0 Å². The van der Waals surface area contributed by atoms with Crippen LogP contribution in [0.1, 0.15) is 38.3 Å². The van der Waals surface area contributed by atoms with E-state index in [1.807, 2.05) is 24.3 Å². The van der Waals surface area contributed by atoms with E-state index in [9.17, 15) is 9.90 Å². The summed E-state index contributed by atoms with van der Waals surface area (Å²) < 4.78 is 0. The average Bonchev–Trinajstić information content (AvgIpc) is 2.95. The van der Waals surface area contributed by atoms with Crippen LogP contribution >= 0.6 is 0 Å². The Morgan fingerprint density at radius 3 is 2.20 bits per heavy atom. The Hall–Kier alpha value is -1.55. The summed E-state index contributed by atoms with van der Waals surface area (Å²) in [6.45, 7) is 7.95. The Morgan fingerprint density at radius 2 is 1.75 bits per heavy atom. The third-order valence-corrected chi connectivity index (χ3v) is 4.08. The number of carboxylic acid groups (broad SMARTS) is 1. The number of aliphatic carboxylic acids is 1. The summed E-state index contributed by atoms with van der Waals surface area (Å²) >= 11 is 0. The summed E-state index contributed by atoms with van der Waals surface area (Å²) in [7, 11) is 0. The van der Waals surface area contributed by atoms with E-state index in [0.717, 1.165) is 50.3 Å². The molecule has 1 fully saturated rings. The molecule has 1 atom stereocenters. The molecule has 20 heavy (non-hydrogen) atoms. The maximum atomic E-state index is 11.6. The van der Waals surface area contributed by atoms with Gasteiger partial charge < -0.3 is 10.0 Å². The van der Waals surface area contributed by atoms with E-state index in [0.29, 0.717) is 0 Å². The van der Waals surface area contributed by atoms with Crippen molar-refractivity contribution in [3.05, 3.63) is 29.8 Å². The van der Waals surface area contributed by atoms with Gasteiger partial charge in [0.05, 0.1) is 0 Å². The van der Waals surface area contributed by atoms with E-state index in [4.69, 9.17) is 0 Å². The second kappa shape index (κ2) is 6.75. The fourth-order valence-corrected chi connectivity index (χ4v) is 2.97. The molecule has 0 aliphatic carbocycles. The van der Waals surface area contributed by atoms with Crippen molar-refractivity contribution in [3.8, 4) is 0 Å². The van der Waals surface area contributed by atoms with Gasteiger partial charge in [0, 0.05) is 18.8 Å². The Morgan fingerprint density at radius 1 is 1.20 bits per heavy atom. The van der Waals surface area contributed by atoms with E-state index in [1.165, 1.54) is 0 Å². The Balaban J connectivity index is 2.19. The van der Waals surface area contributed by atoms with Crippen molar-refractivity contribution < 1.29 is 9.90 Å². The fraction of sp³-hybridized carbons (Fsp3) is 0.562. The van der Waals surface area contributed by atoms with Crippen LogP contribution in [0.5, 0.6) is 0 Å². The van der Waals surface area contributed by atoms with Crippen molar-refractivity contribution in [3.63, 3.8) is 0 Å². The molecule has 4 nitrogen and oxygen atoms in total. The third-order valence-electron chi connectivity index (χ3n) is 4.08. The minimum Gasteiger partial charge on any atom is -0.480 e. The van der Waals surface area contributed by atoms with Crippen LogP contribution in [0, 0.1) is 0 Å². The van der Waals surface area contributed by atoms with Crippen LogP contribution in [-0.4, -0.2) is 42.2 Å². The van der Waals surface area contributed by atoms with E-state index in [-0.39, 0.29) is 0 Å². The molecule has 1 aromatic carbocycles. The summed E-state index contributed by atoms with van der Waals surface area (Å²) in [5.74, 6) is -0.748. The number of carboxylic acids is 1. The van der Waals surface area contributed by atoms with Gasteiger partial charge in [-0.1, -0.05) is 12.1 Å². The van der Waals surface area contributed by atoms with Gasteiger partial charge in [0.25, 0.3) is 0 Å². The minimum atomic E-state index is -0.748. The first-order valence-electron chi connectivity index (χ1n) is 7.49. The largest absolute Gasteiger partial charge is 0.480 e. The average molecular weight is 276 g/mol. The van der Waals surface area contributed by atoms with Gasteiger partial charge in [0.1, 0.15) is 6.04 Å². The van der Waals surface area contributed by atoms with Crippen molar-refractivity contribution in [2.45, 2.75) is 32.7 Å². The summed E-state index contributed by atoms with van der Waals surface area (Å²) in [5, 5.41) is 9.51. The number of hydrogen-bond donors (Lipinski definition) is 1. The van der Waals surface area contributed by atoms with Gasteiger partial charge in [-0.25, -0.2) is 0 Å². The van der Waals surface area contributed by atoms with E-state index >= 15 is 0 Å². The number of likely N-dealkylation sites (tertiary alicyclic amines) is 1. The lowest BCUT2D eigenvalue weighted by Gasteiger charge is -2.25. The molecule has 0 bridgehead atoms. The van der Waals surface area contributed by atoms with Crippen LogP contribution < -0.4 is 4.90 Å². The lowest BCUT2D eigenvalue weighted by molar-refractivity contribution is -0.143. The van der Waals surface area contributed by atoms with Gasteiger partial charge >= 0.3 is 5.97 Å². The molecule has 1 N–H and O–H groups in total. The topological polar surface area (TPSA) is 43.8 Å².